The third-order valence-corrected chi connectivity index (χ3v) is 7.52. The summed E-state index contributed by atoms with van der Waals surface area (Å²) in [6.45, 7) is 3.79. The van der Waals surface area contributed by atoms with Gasteiger partial charge in [-0.1, -0.05) is 66.7 Å². The van der Waals surface area contributed by atoms with Gasteiger partial charge in [-0.2, -0.15) is 13.2 Å². The predicted molar refractivity (Wildman–Crippen MR) is 139 cm³/mol. The van der Waals surface area contributed by atoms with E-state index in [4.69, 9.17) is 34.8 Å². The fourth-order valence-electron chi connectivity index (χ4n) is 3.96. The maximum Gasteiger partial charge on any atom is 0.399 e. The minimum atomic E-state index is -4.84. The Bertz CT molecular complexity index is 1190. The van der Waals surface area contributed by atoms with Gasteiger partial charge in [0.1, 0.15) is 11.7 Å². The van der Waals surface area contributed by atoms with Crippen molar-refractivity contribution in [2.24, 2.45) is 11.8 Å². The number of nitrogens with one attached hydrogen (secondary N) is 1. The normalized spacial score (nSPS) is 15.9. The molecule has 37 heavy (non-hydrogen) atoms. The molecule has 1 saturated carbocycles. The summed E-state index contributed by atoms with van der Waals surface area (Å²) in [7, 11) is 0. The fourth-order valence-corrected chi connectivity index (χ4v) is 4.58. The van der Waals surface area contributed by atoms with Crippen LogP contribution in [0, 0.1) is 18.8 Å². The van der Waals surface area contributed by atoms with Crippen LogP contribution in [0.2, 0.25) is 15.1 Å². The Hall–Kier alpha value is -2.09. The van der Waals surface area contributed by atoms with Crippen molar-refractivity contribution in [2.75, 3.05) is 6.54 Å². The molecule has 0 spiro atoms. The number of ketones is 1. The monoisotopic (exact) mass is 577 g/mol. The van der Waals surface area contributed by atoms with E-state index in [-0.39, 0.29) is 49.9 Å². The van der Waals surface area contributed by atoms with Crippen LogP contribution in [0.1, 0.15) is 65.6 Å². The van der Waals surface area contributed by atoms with E-state index in [2.05, 4.69) is 5.32 Å². The van der Waals surface area contributed by atoms with Crippen molar-refractivity contribution >= 4 is 52.3 Å². The number of amides is 1. The van der Waals surface area contributed by atoms with Gasteiger partial charge in [-0.05, 0) is 54.7 Å². The third-order valence-electron chi connectivity index (χ3n) is 6.32. The first kappa shape index (κ1) is 29.5. The van der Waals surface area contributed by atoms with E-state index < -0.39 is 23.8 Å². The molecule has 0 aromatic heterocycles. The lowest BCUT2D eigenvalue weighted by Crippen LogP contribution is -2.31. The molecular formula is C27H26Cl3F4NO2. The number of halogens is 7. The van der Waals surface area contributed by atoms with Gasteiger partial charge >= 0.3 is 6.18 Å². The highest BCUT2D eigenvalue weighted by Gasteiger charge is 2.40. The van der Waals surface area contributed by atoms with Gasteiger partial charge in [-0.25, -0.2) is 4.39 Å². The molecular weight excluding hydrogens is 553 g/mol. The maximum absolute atomic E-state index is 15.0. The average Bonchev–Trinajstić information content (AvgIpc) is 3.63. The number of hydrogen-bond donors (Lipinski definition) is 1. The highest BCUT2D eigenvalue weighted by atomic mass is 35.5. The van der Waals surface area contributed by atoms with E-state index in [1.165, 1.54) is 31.0 Å². The van der Waals surface area contributed by atoms with Crippen molar-refractivity contribution in [3.63, 3.8) is 0 Å². The van der Waals surface area contributed by atoms with Crippen LogP contribution in [0.3, 0.4) is 0 Å². The van der Waals surface area contributed by atoms with Gasteiger partial charge < -0.3 is 5.32 Å². The van der Waals surface area contributed by atoms with E-state index in [1.54, 1.807) is 13.8 Å². The summed E-state index contributed by atoms with van der Waals surface area (Å²) in [4.78, 5) is 25.0. The molecule has 1 N–H and O–H groups in total. The Morgan fingerprint density at radius 2 is 1.73 bits per heavy atom. The second-order valence-corrected chi connectivity index (χ2v) is 10.6. The molecule has 0 aliphatic heterocycles. The Kier molecular flexibility index (Phi) is 9.70. The second kappa shape index (κ2) is 12.2. The number of carbonyl (C=O) groups is 2. The predicted octanol–water partition coefficient (Wildman–Crippen LogP) is 8.74. The minimum absolute atomic E-state index is 0.0397. The van der Waals surface area contributed by atoms with Crippen molar-refractivity contribution in [3.05, 3.63) is 73.7 Å². The Labute approximate surface area is 228 Å². The maximum atomic E-state index is 15.0. The van der Waals surface area contributed by atoms with Crippen LogP contribution in [-0.4, -0.2) is 24.4 Å². The molecule has 2 atom stereocenters. The smallest absolute Gasteiger partial charge is 0.356 e. The number of Topliss-reactive ketones (excluding diaryl/α,β-unsaturated/α-hetero) is 1. The first-order valence-electron chi connectivity index (χ1n) is 11.8. The molecule has 1 amide bonds. The van der Waals surface area contributed by atoms with E-state index in [9.17, 15) is 22.8 Å². The molecule has 10 heteroatoms. The number of hydrogen-bond acceptors (Lipinski definition) is 2. The van der Waals surface area contributed by atoms with Crippen LogP contribution >= 0.6 is 34.8 Å². The van der Waals surface area contributed by atoms with E-state index in [1.807, 2.05) is 0 Å². The SMILES string of the molecule is Cc1cc(/C(F)=C/C(c2cc(Cl)c(Cl)c(Cl)c2)C(F)(F)F)ccc1C(=O)C[C@H](C)C(=O)NCCC1CC1. The molecule has 0 radical (unpaired) electrons. The number of aryl methyl sites for hydroxylation is 1. The Morgan fingerprint density at radius 1 is 1.11 bits per heavy atom. The van der Waals surface area contributed by atoms with Crippen LogP contribution in [0.5, 0.6) is 0 Å². The molecule has 200 valence electrons. The van der Waals surface area contributed by atoms with Crippen molar-refractivity contribution in [2.45, 2.75) is 51.6 Å². The summed E-state index contributed by atoms with van der Waals surface area (Å²) in [6.07, 6.45) is -1.13. The third kappa shape index (κ3) is 7.95. The van der Waals surface area contributed by atoms with Gasteiger partial charge in [-0.3, -0.25) is 9.59 Å². The lowest BCUT2D eigenvalue weighted by atomic mass is 9.93. The first-order chi connectivity index (χ1) is 17.3. The van der Waals surface area contributed by atoms with E-state index in [0.29, 0.717) is 24.1 Å². The van der Waals surface area contributed by atoms with Crippen LogP contribution in [0.25, 0.3) is 5.83 Å². The highest BCUT2D eigenvalue weighted by Crippen LogP contribution is 2.42. The zero-order chi connectivity index (χ0) is 27.5. The van der Waals surface area contributed by atoms with Crippen LogP contribution in [0.4, 0.5) is 17.6 Å². The van der Waals surface area contributed by atoms with Gasteiger partial charge in [0.15, 0.2) is 5.78 Å². The summed E-state index contributed by atoms with van der Waals surface area (Å²) in [5.41, 5.74) is 0.168. The number of alkyl halides is 3. The van der Waals surface area contributed by atoms with Crippen molar-refractivity contribution in [1.82, 2.24) is 5.32 Å². The number of benzene rings is 2. The molecule has 0 heterocycles. The summed E-state index contributed by atoms with van der Waals surface area (Å²) < 4.78 is 56.4. The van der Waals surface area contributed by atoms with Gasteiger partial charge in [0, 0.05) is 30.0 Å². The first-order valence-corrected chi connectivity index (χ1v) is 12.9. The van der Waals surface area contributed by atoms with Crippen LogP contribution in [-0.2, 0) is 4.79 Å². The lowest BCUT2D eigenvalue weighted by Gasteiger charge is -2.19. The summed E-state index contributed by atoms with van der Waals surface area (Å²) in [6, 6.07) is 5.88. The Morgan fingerprint density at radius 3 is 2.27 bits per heavy atom. The van der Waals surface area contributed by atoms with Crippen LogP contribution < -0.4 is 5.32 Å². The Balaban J connectivity index is 1.75. The number of carbonyl (C=O) groups excluding carboxylic acids is 2. The quantitative estimate of drug-likeness (QED) is 0.174. The molecule has 0 bridgehead atoms. The van der Waals surface area contributed by atoms with Gasteiger partial charge in [0.25, 0.3) is 0 Å². The molecule has 1 fully saturated rings. The molecule has 1 aliphatic rings. The number of allylic oxidation sites excluding steroid dienone is 1. The van der Waals surface area contributed by atoms with Gasteiger partial charge in [0.05, 0.1) is 15.1 Å². The zero-order valence-electron chi connectivity index (χ0n) is 20.2. The van der Waals surface area contributed by atoms with Gasteiger partial charge in [0.2, 0.25) is 5.91 Å². The van der Waals surface area contributed by atoms with E-state index >= 15 is 4.39 Å². The highest BCUT2D eigenvalue weighted by molar-refractivity contribution is 6.48. The van der Waals surface area contributed by atoms with Crippen molar-refractivity contribution in [1.29, 1.82) is 0 Å². The van der Waals surface area contributed by atoms with Crippen LogP contribution in [0.15, 0.2) is 36.4 Å². The molecule has 3 nitrogen and oxygen atoms in total. The summed E-state index contributed by atoms with van der Waals surface area (Å²) >= 11 is 17.6. The lowest BCUT2D eigenvalue weighted by molar-refractivity contribution is -0.139. The standard InChI is InChI=1S/C27H26Cl3F4NO2/c1-14-9-17(5-6-19(14)24(36)10-15(2)26(37)35-8-7-16-3-4-16)23(31)13-20(27(32,33)34)18-11-21(28)25(30)22(29)12-18/h5-6,9,11-13,15-16,20H,3-4,7-8,10H2,1-2H3,(H,35,37)/b23-13-/t15-,20?/m0/s1. The largest absolute Gasteiger partial charge is 0.399 e. The minimum Gasteiger partial charge on any atom is -0.356 e. The average molecular weight is 579 g/mol. The molecule has 0 saturated heterocycles. The summed E-state index contributed by atoms with van der Waals surface area (Å²) in [5, 5.41) is 2.37. The summed E-state index contributed by atoms with van der Waals surface area (Å²) in [5.74, 6) is -3.85. The molecule has 2 aromatic rings. The molecule has 1 unspecified atom stereocenters. The topological polar surface area (TPSA) is 46.2 Å². The van der Waals surface area contributed by atoms with Crippen molar-refractivity contribution in [3.8, 4) is 0 Å². The molecule has 2 aromatic carbocycles. The molecule has 1 aliphatic carbocycles. The molecule has 3 rings (SSSR count). The van der Waals surface area contributed by atoms with Gasteiger partial charge in [-0.15, -0.1) is 0 Å². The number of rotatable bonds is 10. The van der Waals surface area contributed by atoms with Crippen molar-refractivity contribution < 1.29 is 27.2 Å². The van der Waals surface area contributed by atoms with E-state index in [0.717, 1.165) is 18.6 Å². The zero-order valence-corrected chi connectivity index (χ0v) is 22.5. The second-order valence-electron chi connectivity index (χ2n) is 9.41. The fraction of sp³-hybridized carbons (Fsp3) is 0.407.